The third kappa shape index (κ3) is 3.50. The molecule has 5 heteroatoms. The van der Waals surface area contributed by atoms with Crippen molar-refractivity contribution in [2.75, 3.05) is 0 Å². The van der Waals surface area contributed by atoms with Crippen molar-refractivity contribution in [1.29, 1.82) is 5.26 Å². The van der Waals surface area contributed by atoms with Crippen LogP contribution in [0.5, 0.6) is 11.5 Å². The standard InChI is InChI=1S/C23H23NO4/c1-16(25)12-20-22(2,3)23(20,15-24)21(26)27-14-17-8-7-11-19(13-17)28-18-9-5-4-6-10-18/h4-11,13,20H,12,14H2,1-3H3. The SMILES string of the molecule is CC(=O)CC1C(C)(C)C1(C#N)C(=O)OCc1cccc(Oc2ccccc2)c1. The van der Waals surface area contributed by atoms with E-state index in [0.717, 1.165) is 5.56 Å². The third-order valence-electron chi connectivity index (χ3n) is 5.56. The van der Waals surface area contributed by atoms with E-state index in [4.69, 9.17) is 9.47 Å². The van der Waals surface area contributed by atoms with E-state index < -0.39 is 16.8 Å². The second kappa shape index (κ2) is 7.47. The summed E-state index contributed by atoms with van der Waals surface area (Å²) in [5, 5.41) is 9.67. The van der Waals surface area contributed by atoms with E-state index in [1.165, 1.54) is 6.92 Å². The summed E-state index contributed by atoms with van der Waals surface area (Å²) in [6, 6.07) is 18.8. The molecule has 28 heavy (non-hydrogen) atoms. The predicted molar refractivity (Wildman–Crippen MR) is 103 cm³/mol. The van der Waals surface area contributed by atoms with Crippen LogP contribution in [-0.4, -0.2) is 11.8 Å². The molecule has 0 heterocycles. The van der Waals surface area contributed by atoms with Gasteiger partial charge < -0.3 is 14.3 Å². The Bertz CT molecular complexity index is 929. The molecule has 0 aromatic heterocycles. The Labute approximate surface area is 164 Å². The first kappa shape index (κ1) is 19.6. The number of ether oxygens (including phenoxy) is 2. The zero-order chi connectivity index (χ0) is 20.4. The highest BCUT2D eigenvalue weighted by atomic mass is 16.5. The lowest BCUT2D eigenvalue weighted by molar-refractivity contribution is -0.150. The predicted octanol–water partition coefficient (Wildman–Crippen LogP) is 4.67. The number of nitriles is 1. The fourth-order valence-corrected chi connectivity index (χ4v) is 3.83. The number of carbonyl (C=O) groups is 2. The quantitative estimate of drug-likeness (QED) is 0.656. The van der Waals surface area contributed by atoms with Crippen molar-refractivity contribution in [2.45, 2.75) is 33.8 Å². The Kier molecular flexibility index (Phi) is 5.24. The number of para-hydroxylation sites is 1. The van der Waals surface area contributed by atoms with E-state index in [9.17, 15) is 14.9 Å². The van der Waals surface area contributed by atoms with Crippen LogP contribution in [0.15, 0.2) is 54.6 Å². The molecule has 2 unspecified atom stereocenters. The molecule has 0 saturated heterocycles. The minimum Gasteiger partial charge on any atom is -0.460 e. The second-order valence-corrected chi connectivity index (χ2v) is 7.74. The maximum atomic E-state index is 12.7. The Morgan fingerprint density at radius 2 is 1.75 bits per heavy atom. The summed E-state index contributed by atoms with van der Waals surface area (Å²) in [6.07, 6.45) is 0.204. The maximum Gasteiger partial charge on any atom is 0.327 e. The third-order valence-corrected chi connectivity index (χ3v) is 5.56. The van der Waals surface area contributed by atoms with Crippen LogP contribution in [0.4, 0.5) is 0 Å². The fraction of sp³-hybridized carbons (Fsp3) is 0.348. The van der Waals surface area contributed by atoms with Gasteiger partial charge in [-0.25, -0.2) is 0 Å². The summed E-state index contributed by atoms with van der Waals surface area (Å²) in [4.78, 5) is 24.2. The van der Waals surface area contributed by atoms with E-state index in [2.05, 4.69) is 6.07 Å². The summed E-state index contributed by atoms with van der Waals surface area (Å²) < 4.78 is 11.3. The normalized spacial score (nSPS) is 22.0. The number of rotatable bonds is 7. The van der Waals surface area contributed by atoms with Crippen LogP contribution in [0.2, 0.25) is 0 Å². The molecule has 2 aromatic carbocycles. The number of benzene rings is 2. The van der Waals surface area contributed by atoms with Crippen molar-refractivity contribution < 1.29 is 19.1 Å². The van der Waals surface area contributed by atoms with Crippen molar-refractivity contribution in [3.8, 4) is 17.6 Å². The molecule has 2 atom stereocenters. The van der Waals surface area contributed by atoms with Crippen molar-refractivity contribution in [1.82, 2.24) is 0 Å². The molecule has 0 amide bonds. The van der Waals surface area contributed by atoms with Crippen molar-refractivity contribution in [3.05, 3.63) is 60.2 Å². The molecular weight excluding hydrogens is 354 g/mol. The van der Waals surface area contributed by atoms with Gasteiger partial charge in [-0.05, 0) is 42.2 Å². The molecule has 0 radical (unpaired) electrons. The van der Waals surface area contributed by atoms with Gasteiger partial charge in [0.1, 0.15) is 23.9 Å². The van der Waals surface area contributed by atoms with E-state index in [1.807, 2.05) is 62.4 Å². The van der Waals surface area contributed by atoms with Crippen LogP contribution < -0.4 is 4.74 Å². The van der Waals surface area contributed by atoms with Crippen LogP contribution in [0.25, 0.3) is 0 Å². The van der Waals surface area contributed by atoms with Gasteiger partial charge in [-0.2, -0.15) is 5.26 Å². The van der Waals surface area contributed by atoms with Crippen LogP contribution in [-0.2, 0) is 20.9 Å². The van der Waals surface area contributed by atoms with Gasteiger partial charge in [-0.3, -0.25) is 4.79 Å². The lowest BCUT2D eigenvalue weighted by Crippen LogP contribution is -2.23. The highest BCUT2D eigenvalue weighted by Crippen LogP contribution is 2.70. The molecule has 0 aliphatic heterocycles. The summed E-state index contributed by atoms with van der Waals surface area (Å²) in [6.45, 7) is 5.18. The number of hydrogen-bond acceptors (Lipinski definition) is 5. The van der Waals surface area contributed by atoms with Gasteiger partial charge in [0.05, 0.1) is 6.07 Å². The van der Waals surface area contributed by atoms with Gasteiger partial charge in [0.25, 0.3) is 0 Å². The van der Waals surface area contributed by atoms with E-state index in [0.29, 0.717) is 11.5 Å². The first-order valence-electron chi connectivity index (χ1n) is 9.21. The minimum absolute atomic E-state index is 0.0336. The highest BCUT2D eigenvalue weighted by Gasteiger charge is 2.77. The summed E-state index contributed by atoms with van der Waals surface area (Å²) in [7, 11) is 0. The van der Waals surface area contributed by atoms with Crippen LogP contribution in [0.3, 0.4) is 0 Å². The average Bonchev–Trinajstić information content (AvgIpc) is 3.14. The van der Waals surface area contributed by atoms with Gasteiger partial charge in [0.2, 0.25) is 0 Å². The molecule has 144 valence electrons. The molecule has 1 aliphatic rings. The molecule has 0 spiro atoms. The van der Waals surface area contributed by atoms with Gasteiger partial charge in [-0.1, -0.05) is 44.2 Å². The summed E-state index contributed by atoms with van der Waals surface area (Å²) >= 11 is 0. The zero-order valence-electron chi connectivity index (χ0n) is 16.3. The Hall–Kier alpha value is -3.13. The maximum absolute atomic E-state index is 12.7. The fourth-order valence-electron chi connectivity index (χ4n) is 3.83. The summed E-state index contributed by atoms with van der Waals surface area (Å²) in [5.74, 6) is 0.431. The van der Waals surface area contributed by atoms with Crippen LogP contribution in [0, 0.1) is 28.1 Å². The Balaban J connectivity index is 1.67. The number of nitrogens with zero attached hydrogens (tertiary/aromatic N) is 1. The van der Waals surface area contributed by atoms with Crippen molar-refractivity contribution >= 4 is 11.8 Å². The Morgan fingerprint density at radius 1 is 1.07 bits per heavy atom. The molecule has 1 aliphatic carbocycles. The van der Waals surface area contributed by atoms with Gasteiger partial charge in [0.15, 0.2) is 5.41 Å². The zero-order valence-corrected chi connectivity index (χ0v) is 16.3. The molecule has 1 fully saturated rings. The number of ketones is 1. The number of hydrogen-bond donors (Lipinski definition) is 0. The first-order chi connectivity index (χ1) is 13.3. The van der Waals surface area contributed by atoms with Gasteiger partial charge in [0, 0.05) is 12.3 Å². The number of esters is 1. The average molecular weight is 377 g/mol. The molecular formula is C23H23NO4. The molecule has 1 saturated carbocycles. The molecule has 0 N–H and O–H groups in total. The smallest absolute Gasteiger partial charge is 0.327 e. The minimum atomic E-state index is -1.27. The lowest BCUT2D eigenvalue weighted by Gasteiger charge is -2.12. The Morgan fingerprint density at radius 3 is 2.39 bits per heavy atom. The molecule has 2 aromatic rings. The lowest BCUT2D eigenvalue weighted by atomic mass is 9.98. The van der Waals surface area contributed by atoms with Crippen molar-refractivity contribution in [2.24, 2.45) is 16.7 Å². The largest absolute Gasteiger partial charge is 0.460 e. The van der Waals surface area contributed by atoms with Crippen molar-refractivity contribution in [3.63, 3.8) is 0 Å². The van der Waals surface area contributed by atoms with Gasteiger partial charge >= 0.3 is 5.97 Å². The molecule has 0 bridgehead atoms. The van der Waals surface area contributed by atoms with Gasteiger partial charge in [-0.15, -0.1) is 0 Å². The number of carbonyl (C=O) groups excluding carboxylic acids is 2. The highest BCUT2D eigenvalue weighted by molar-refractivity contribution is 5.88. The van der Waals surface area contributed by atoms with E-state index >= 15 is 0 Å². The monoisotopic (exact) mass is 377 g/mol. The molecule has 3 rings (SSSR count). The second-order valence-electron chi connectivity index (χ2n) is 7.74. The van der Waals surface area contributed by atoms with E-state index in [-0.39, 0.29) is 24.7 Å². The topological polar surface area (TPSA) is 76.4 Å². The number of Topliss-reactive ketones (excluding diaryl/α,β-unsaturated/α-hetero) is 1. The van der Waals surface area contributed by atoms with Crippen LogP contribution >= 0.6 is 0 Å². The summed E-state index contributed by atoms with van der Waals surface area (Å²) in [5.41, 5.74) is -1.09. The van der Waals surface area contributed by atoms with E-state index in [1.54, 1.807) is 6.07 Å². The first-order valence-corrected chi connectivity index (χ1v) is 9.21. The molecule has 5 nitrogen and oxygen atoms in total. The van der Waals surface area contributed by atoms with Crippen LogP contribution in [0.1, 0.15) is 32.8 Å².